The number of carbonyl (C=O) groups excluding carboxylic acids is 1. The Hall–Kier alpha value is -3.18. The summed E-state index contributed by atoms with van der Waals surface area (Å²) < 4.78 is 14.2. The van der Waals surface area contributed by atoms with Crippen molar-refractivity contribution in [1.82, 2.24) is 9.80 Å². The van der Waals surface area contributed by atoms with Crippen molar-refractivity contribution in [2.75, 3.05) is 44.2 Å². The van der Waals surface area contributed by atoms with Gasteiger partial charge < -0.3 is 9.80 Å². The van der Waals surface area contributed by atoms with Gasteiger partial charge >= 0.3 is 0 Å². The topological polar surface area (TPSA) is 26.8 Å². The van der Waals surface area contributed by atoms with Gasteiger partial charge in [-0.2, -0.15) is 0 Å². The first-order valence-electron chi connectivity index (χ1n) is 12.7. The summed E-state index contributed by atoms with van der Waals surface area (Å²) in [6, 6.07) is 26.2. The van der Waals surface area contributed by atoms with Crippen LogP contribution >= 0.6 is 0 Å². The van der Waals surface area contributed by atoms with Crippen LogP contribution in [0, 0.1) is 18.7 Å². The zero-order valence-corrected chi connectivity index (χ0v) is 20.4. The van der Waals surface area contributed by atoms with Crippen LogP contribution in [0.25, 0.3) is 0 Å². The van der Waals surface area contributed by atoms with Gasteiger partial charge in [0.25, 0.3) is 0 Å². The molecule has 0 N–H and O–H groups in total. The molecule has 1 amide bonds. The molecular formula is C30H34FN3O. The van der Waals surface area contributed by atoms with Crippen LogP contribution in [0.2, 0.25) is 0 Å². The van der Waals surface area contributed by atoms with Gasteiger partial charge in [0, 0.05) is 45.8 Å². The molecule has 2 heterocycles. The van der Waals surface area contributed by atoms with Crippen LogP contribution < -0.4 is 4.90 Å². The third kappa shape index (κ3) is 5.57. The Bertz CT molecular complexity index is 1140. The van der Waals surface area contributed by atoms with E-state index in [1.807, 2.05) is 23.1 Å². The van der Waals surface area contributed by atoms with Crippen molar-refractivity contribution in [2.45, 2.75) is 25.8 Å². The number of anilines is 1. The minimum atomic E-state index is -0.197. The number of para-hydroxylation sites is 1. The van der Waals surface area contributed by atoms with Gasteiger partial charge in [-0.3, -0.25) is 9.69 Å². The summed E-state index contributed by atoms with van der Waals surface area (Å²) in [6.45, 7) is 7.32. The second-order valence-electron chi connectivity index (χ2n) is 9.99. The average Bonchev–Trinajstić information content (AvgIpc) is 2.89. The molecule has 4 nitrogen and oxygen atoms in total. The van der Waals surface area contributed by atoms with E-state index in [2.05, 4.69) is 65.3 Å². The first-order valence-corrected chi connectivity index (χ1v) is 12.7. The lowest BCUT2D eigenvalue weighted by Crippen LogP contribution is -2.53. The normalized spacial score (nSPS) is 21.2. The number of aryl methyl sites for hydroxylation is 1. The van der Waals surface area contributed by atoms with Crippen LogP contribution in [0.15, 0.2) is 78.9 Å². The monoisotopic (exact) mass is 471 g/mol. The summed E-state index contributed by atoms with van der Waals surface area (Å²) in [6.07, 6.45) is 0.876. The molecule has 3 aromatic rings. The molecule has 0 aliphatic carbocycles. The molecule has 2 aliphatic rings. The predicted molar refractivity (Wildman–Crippen MR) is 139 cm³/mol. The van der Waals surface area contributed by atoms with Gasteiger partial charge in [-0.05, 0) is 42.5 Å². The van der Waals surface area contributed by atoms with Gasteiger partial charge in [0.2, 0.25) is 5.91 Å². The van der Waals surface area contributed by atoms with Crippen molar-refractivity contribution < 1.29 is 9.18 Å². The fourth-order valence-electron chi connectivity index (χ4n) is 5.64. The number of piperazine rings is 1. The van der Waals surface area contributed by atoms with Gasteiger partial charge in [-0.1, -0.05) is 72.3 Å². The molecule has 3 aromatic carbocycles. The highest BCUT2D eigenvalue weighted by atomic mass is 19.1. The van der Waals surface area contributed by atoms with Crippen molar-refractivity contribution in [2.24, 2.45) is 5.92 Å². The van der Waals surface area contributed by atoms with Gasteiger partial charge in [0.1, 0.15) is 5.82 Å². The molecule has 182 valence electrons. The maximum absolute atomic E-state index is 14.2. The number of nitrogens with zero attached hydrogens (tertiary/aromatic N) is 3. The van der Waals surface area contributed by atoms with E-state index in [4.69, 9.17) is 0 Å². The summed E-state index contributed by atoms with van der Waals surface area (Å²) in [5, 5.41) is 0. The first-order chi connectivity index (χ1) is 17.1. The molecule has 5 heteroatoms. The SMILES string of the molecule is Cc1cccc([C@@H]2C[C@H](C(=O)N3CCN(c4ccccc4F)CC3)CN(Cc3ccccc3)C2)c1. The second kappa shape index (κ2) is 10.6. The standard InChI is InChI=1S/C30H34FN3O/c1-23-8-7-11-25(18-23)26-19-27(22-32(21-26)20-24-9-3-2-4-10-24)30(35)34-16-14-33(15-17-34)29-13-6-5-12-28(29)31/h2-13,18,26-27H,14-17,19-22H2,1H3/t26-,27+/m1/s1. The third-order valence-electron chi connectivity index (χ3n) is 7.42. The number of benzene rings is 3. The fraction of sp³-hybridized carbons (Fsp3) is 0.367. The number of hydrogen-bond acceptors (Lipinski definition) is 3. The summed E-state index contributed by atoms with van der Waals surface area (Å²) in [5.41, 5.74) is 4.49. The number of carbonyl (C=O) groups is 1. The molecule has 0 aromatic heterocycles. The van der Waals surface area contributed by atoms with Crippen molar-refractivity contribution in [1.29, 1.82) is 0 Å². The minimum absolute atomic E-state index is 0.0296. The van der Waals surface area contributed by atoms with Crippen molar-refractivity contribution in [3.63, 3.8) is 0 Å². The van der Waals surface area contributed by atoms with E-state index in [0.29, 0.717) is 37.8 Å². The van der Waals surface area contributed by atoms with E-state index in [9.17, 15) is 9.18 Å². The molecule has 2 fully saturated rings. The van der Waals surface area contributed by atoms with Gasteiger partial charge in [0.05, 0.1) is 11.6 Å². The largest absolute Gasteiger partial charge is 0.366 e. The number of likely N-dealkylation sites (tertiary alicyclic amines) is 1. The van der Waals surface area contributed by atoms with Crippen LogP contribution in [-0.4, -0.2) is 55.0 Å². The highest BCUT2D eigenvalue weighted by Crippen LogP contribution is 2.33. The quantitative estimate of drug-likeness (QED) is 0.519. The Kier molecular flexibility index (Phi) is 7.14. The first kappa shape index (κ1) is 23.6. The molecular weight excluding hydrogens is 437 g/mol. The number of halogens is 1. The number of piperidine rings is 1. The van der Waals surface area contributed by atoms with Crippen LogP contribution in [-0.2, 0) is 11.3 Å². The summed E-state index contributed by atoms with van der Waals surface area (Å²) in [5.74, 6) is 0.352. The second-order valence-corrected chi connectivity index (χ2v) is 9.99. The molecule has 2 saturated heterocycles. The fourth-order valence-corrected chi connectivity index (χ4v) is 5.64. The van der Waals surface area contributed by atoms with E-state index >= 15 is 0 Å². The van der Waals surface area contributed by atoms with E-state index in [1.54, 1.807) is 6.07 Å². The van der Waals surface area contributed by atoms with Gasteiger partial charge in [-0.25, -0.2) is 4.39 Å². The van der Waals surface area contributed by atoms with Gasteiger partial charge in [0.15, 0.2) is 0 Å². The lowest BCUT2D eigenvalue weighted by molar-refractivity contribution is -0.138. The predicted octanol–water partition coefficient (Wildman–Crippen LogP) is 5.09. The Morgan fingerprint density at radius 3 is 2.37 bits per heavy atom. The molecule has 2 aliphatic heterocycles. The zero-order valence-electron chi connectivity index (χ0n) is 20.4. The van der Waals surface area contributed by atoms with Crippen molar-refractivity contribution in [3.05, 3.63) is 101 Å². The summed E-state index contributed by atoms with van der Waals surface area (Å²) in [7, 11) is 0. The molecule has 2 atom stereocenters. The Balaban J connectivity index is 1.29. The van der Waals surface area contributed by atoms with Crippen molar-refractivity contribution >= 4 is 11.6 Å². The maximum atomic E-state index is 14.2. The summed E-state index contributed by atoms with van der Waals surface area (Å²) >= 11 is 0. The lowest BCUT2D eigenvalue weighted by atomic mass is 9.83. The average molecular weight is 472 g/mol. The molecule has 0 bridgehead atoms. The third-order valence-corrected chi connectivity index (χ3v) is 7.42. The Morgan fingerprint density at radius 2 is 1.63 bits per heavy atom. The number of amides is 1. The number of rotatable bonds is 5. The Morgan fingerprint density at radius 1 is 0.886 bits per heavy atom. The van der Waals surface area contributed by atoms with Crippen molar-refractivity contribution in [3.8, 4) is 0 Å². The zero-order chi connectivity index (χ0) is 24.2. The summed E-state index contributed by atoms with van der Waals surface area (Å²) in [4.78, 5) is 20.2. The van der Waals surface area contributed by atoms with Crippen LogP contribution in [0.4, 0.5) is 10.1 Å². The molecule has 0 saturated carbocycles. The van der Waals surface area contributed by atoms with E-state index in [1.165, 1.54) is 22.8 Å². The molecule has 35 heavy (non-hydrogen) atoms. The smallest absolute Gasteiger partial charge is 0.227 e. The highest BCUT2D eigenvalue weighted by molar-refractivity contribution is 5.79. The highest BCUT2D eigenvalue weighted by Gasteiger charge is 2.35. The van der Waals surface area contributed by atoms with Crippen LogP contribution in [0.3, 0.4) is 0 Å². The van der Waals surface area contributed by atoms with E-state index < -0.39 is 0 Å². The van der Waals surface area contributed by atoms with E-state index in [-0.39, 0.29) is 17.6 Å². The minimum Gasteiger partial charge on any atom is -0.366 e. The number of hydrogen-bond donors (Lipinski definition) is 0. The van der Waals surface area contributed by atoms with Crippen LogP contribution in [0.5, 0.6) is 0 Å². The maximum Gasteiger partial charge on any atom is 0.227 e. The van der Waals surface area contributed by atoms with Crippen LogP contribution in [0.1, 0.15) is 29.0 Å². The molecule has 5 rings (SSSR count). The molecule has 0 radical (unpaired) electrons. The lowest BCUT2D eigenvalue weighted by Gasteiger charge is -2.42. The molecule has 0 spiro atoms. The Labute approximate surface area is 208 Å². The van der Waals surface area contributed by atoms with Gasteiger partial charge in [-0.15, -0.1) is 0 Å². The molecule has 0 unspecified atom stereocenters. The van der Waals surface area contributed by atoms with E-state index in [0.717, 1.165) is 26.1 Å².